The van der Waals surface area contributed by atoms with Crippen molar-refractivity contribution in [2.75, 3.05) is 0 Å². The standard InChI is InChI=1S/C18H35O3.O.V/c1-2-3-4-5-6-7-8-9-10-11-12-13-14-15-16-17-18(19)20-21-18;;/h2-17H2,1H3;;/q-1;;+1. The van der Waals surface area contributed by atoms with Gasteiger partial charge in [-0.3, -0.25) is 0 Å². The third kappa shape index (κ3) is 12.3. The summed E-state index contributed by atoms with van der Waals surface area (Å²) < 4.78 is 15.4. The number of rotatable bonds is 18. The van der Waals surface area contributed by atoms with E-state index in [-0.39, 0.29) is 0 Å². The van der Waals surface area contributed by atoms with Crippen LogP contribution in [0, 0.1) is 0 Å². The summed E-state index contributed by atoms with van der Waals surface area (Å²) in [6, 6.07) is 0. The van der Waals surface area contributed by atoms with Gasteiger partial charge in [0.2, 0.25) is 0 Å². The Morgan fingerprint density at radius 1 is 0.696 bits per heavy atom. The van der Waals surface area contributed by atoms with Crippen molar-refractivity contribution in [2.24, 2.45) is 0 Å². The molecule has 0 N–H and O–H groups in total. The molecular weight excluding hydrogens is 331 g/mol. The summed E-state index contributed by atoms with van der Waals surface area (Å²) >= 11 is -1.34. The first-order valence-corrected chi connectivity index (χ1v) is 10.8. The second-order valence-electron chi connectivity index (χ2n) is 6.72. The van der Waals surface area contributed by atoms with Gasteiger partial charge in [0.15, 0.2) is 0 Å². The number of hydrogen-bond donors (Lipinski definition) is 0. The maximum atomic E-state index is 10.5. The molecule has 0 bridgehead atoms. The first kappa shape index (κ1) is 21.3. The Labute approximate surface area is 149 Å². The molecule has 5 heteroatoms. The predicted molar refractivity (Wildman–Crippen MR) is 86.2 cm³/mol. The molecule has 1 aliphatic rings. The van der Waals surface area contributed by atoms with E-state index in [0.29, 0.717) is 6.42 Å². The van der Waals surface area contributed by atoms with Crippen molar-refractivity contribution in [3.8, 4) is 0 Å². The van der Waals surface area contributed by atoms with Gasteiger partial charge in [-0.1, -0.05) is 45.4 Å². The molecule has 0 unspecified atom stereocenters. The summed E-state index contributed by atoms with van der Waals surface area (Å²) in [6.45, 7) is 2.27. The third-order valence-electron chi connectivity index (χ3n) is 4.53. The monoisotopic (exact) mass is 366 g/mol. The third-order valence-corrected chi connectivity index (χ3v) is 5.08. The van der Waals surface area contributed by atoms with Gasteiger partial charge in [-0.2, -0.15) is 0 Å². The summed E-state index contributed by atoms with van der Waals surface area (Å²) in [5.74, 6) is -0.932. The molecule has 1 fully saturated rings. The molecule has 0 aromatic carbocycles. The van der Waals surface area contributed by atoms with Crippen molar-refractivity contribution in [3.05, 3.63) is 0 Å². The Hall–Kier alpha value is 0.264. The molecule has 0 aromatic rings. The van der Waals surface area contributed by atoms with Crippen LogP contribution in [0.2, 0.25) is 0 Å². The van der Waals surface area contributed by atoms with E-state index in [2.05, 4.69) is 6.92 Å². The molecule has 0 aromatic heterocycles. The second kappa shape index (κ2) is 14.6. The van der Waals surface area contributed by atoms with Crippen LogP contribution in [0.1, 0.15) is 110 Å². The molecule has 0 aliphatic carbocycles. The Morgan fingerprint density at radius 3 is 1.43 bits per heavy atom. The Kier molecular flexibility index (Phi) is 13.5. The fourth-order valence-corrected chi connectivity index (χ4v) is 3.39. The first-order chi connectivity index (χ1) is 11.3. The average molecular weight is 366 g/mol. The van der Waals surface area contributed by atoms with Crippen molar-refractivity contribution in [2.45, 2.75) is 116 Å². The molecular formula is C18H35O4V. The molecule has 1 rings (SSSR count). The molecule has 4 nitrogen and oxygen atoms in total. The van der Waals surface area contributed by atoms with E-state index < -0.39 is 22.6 Å². The van der Waals surface area contributed by atoms with Crippen LogP contribution in [0.25, 0.3) is 0 Å². The van der Waals surface area contributed by atoms with E-state index in [1.807, 2.05) is 0 Å². The summed E-state index contributed by atoms with van der Waals surface area (Å²) in [5.41, 5.74) is 0. The van der Waals surface area contributed by atoms with Crippen molar-refractivity contribution in [1.29, 1.82) is 0 Å². The van der Waals surface area contributed by atoms with E-state index >= 15 is 0 Å². The molecule has 1 heterocycles. The van der Waals surface area contributed by atoms with Gasteiger partial charge >= 0.3 is 104 Å². The second-order valence-corrected chi connectivity index (χ2v) is 7.23. The van der Waals surface area contributed by atoms with Crippen molar-refractivity contribution in [3.63, 3.8) is 0 Å². The number of unbranched alkanes of at least 4 members (excludes halogenated alkanes) is 14. The zero-order chi connectivity index (χ0) is 16.6. The van der Waals surface area contributed by atoms with Crippen LogP contribution >= 0.6 is 0 Å². The fraction of sp³-hybridized carbons (Fsp3) is 1.00. The minimum atomic E-state index is -1.34. The molecule has 1 aliphatic heterocycles. The van der Waals surface area contributed by atoms with Crippen LogP contribution < -0.4 is 0 Å². The average Bonchev–Trinajstić information content (AvgIpc) is 3.31. The van der Waals surface area contributed by atoms with Gasteiger partial charge in [-0.05, 0) is 0 Å². The normalized spacial score (nSPS) is 15.7. The molecule has 1 saturated heterocycles. The van der Waals surface area contributed by atoms with Crippen LogP contribution in [0.15, 0.2) is 0 Å². The van der Waals surface area contributed by atoms with Crippen molar-refractivity contribution < 1.29 is 33.7 Å². The summed E-state index contributed by atoms with van der Waals surface area (Å²) in [6.07, 6.45) is 20.9. The van der Waals surface area contributed by atoms with Crippen LogP contribution in [0.5, 0.6) is 0 Å². The topological polar surface area (TPSA) is 51.4 Å². The van der Waals surface area contributed by atoms with E-state index in [4.69, 9.17) is 13.4 Å². The molecule has 23 heavy (non-hydrogen) atoms. The Bertz CT molecular complexity index is 282. The Morgan fingerprint density at radius 2 is 1.09 bits per heavy atom. The molecule has 0 radical (unpaired) electrons. The molecule has 0 amide bonds. The van der Waals surface area contributed by atoms with Crippen LogP contribution in [0.3, 0.4) is 0 Å². The molecule has 0 spiro atoms. The molecule has 136 valence electrons. The van der Waals surface area contributed by atoms with Crippen molar-refractivity contribution >= 4 is 0 Å². The van der Waals surface area contributed by atoms with Crippen LogP contribution in [-0.2, 0) is 33.7 Å². The summed E-state index contributed by atoms with van der Waals surface area (Å²) in [4.78, 5) is 9.51. The molecule has 0 saturated carbocycles. The van der Waals surface area contributed by atoms with Gasteiger partial charge in [-0.25, -0.2) is 0 Å². The van der Waals surface area contributed by atoms with Crippen LogP contribution in [0.4, 0.5) is 0 Å². The first-order valence-electron chi connectivity index (χ1n) is 9.70. The van der Waals surface area contributed by atoms with Gasteiger partial charge in [0.1, 0.15) is 0 Å². The zero-order valence-corrected chi connectivity index (χ0v) is 16.3. The van der Waals surface area contributed by atoms with Gasteiger partial charge < -0.3 is 0 Å². The predicted octanol–water partition coefficient (Wildman–Crippen LogP) is 6.22. The van der Waals surface area contributed by atoms with E-state index in [9.17, 15) is 3.67 Å². The van der Waals surface area contributed by atoms with Gasteiger partial charge in [-0.15, -0.1) is 0 Å². The van der Waals surface area contributed by atoms with E-state index in [1.165, 1.54) is 89.9 Å². The quantitative estimate of drug-likeness (QED) is 0.164. The van der Waals surface area contributed by atoms with Crippen LogP contribution in [-0.4, -0.2) is 5.97 Å². The van der Waals surface area contributed by atoms with Gasteiger partial charge in [0.05, 0.1) is 0 Å². The van der Waals surface area contributed by atoms with E-state index in [1.54, 1.807) is 0 Å². The maximum absolute atomic E-state index is 10.5. The number of hydrogen-bond acceptors (Lipinski definition) is 4. The van der Waals surface area contributed by atoms with E-state index in [0.717, 1.165) is 6.42 Å². The van der Waals surface area contributed by atoms with Crippen molar-refractivity contribution in [1.82, 2.24) is 0 Å². The Balaban J connectivity index is 1.69. The minimum absolute atomic E-state index is 0.698. The zero-order valence-electron chi connectivity index (χ0n) is 14.9. The van der Waals surface area contributed by atoms with Gasteiger partial charge in [0.25, 0.3) is 0 Å². The summed E-state index contributed by atoms with van der Waals surface area (Å²) in [5, 5.41) is 0. The molecule has 0 atom stereocenters. The van der Waals surface area contributed by atoms with Gasteiger partial charge in [0, 0.05) is 0 Å². The SMILES string of the molecule is CCCCCCCCCCCCCCCCCC1([O][V]=[O])OO1. The fourth-order valence-electron chi connectivity index (χ4n) is 2.98. The summed E-state index contributed by atoms with van der Waals surface area (Å²) in [7, 11) is 0.